The molecule has 0 atom stereocenters. The van der Waals surface area contributed by atoms with Gasteiger partial charge in [0.05, 0.1) is 12.4 Å². The molecule has 1 amide bonds. The molecule has 17 heavy (non-hydrogen) atoms. The van der Waals surface area contributed by atoms with Crippen LogP contribution in [0.4, 0.5) is 10.3 Å². The zero-order valence-electron chi connectivity index (χ0n) is 9.69. The third kappa shape index (κ3) is 2.69. The third-order valence-corrected chi connectivity index (χ3v) is 3.00. The Bertz CT molecular complexity index is 387. The average Bonchev–Trinajstić information content (AvgIpc) is 2.39. The van der Waals surface area contributed by atoms with E-state index in [0.717, 1.165) is 38.3 Å². The van der Waals surface area contributed by atoms with Crippen LogP contribution in [0.1, 0.15) is 12.8 Å². The van der Waals surface area contributed by atoms with Gasteiger partial charge >= 0.3 is 0 Å². The maximum absolute atomic E-state index is 12.7. The quantitative estimate of drug-likeness (QED) is 0.818. The number of nitrogens with zero attached hydrogens (tertiary/aromatic N) is 3. The summed E-state index contributed by atoms with van der Waals surface area (Å²) < 4.78 is 12.7. The number of hydrogen-bond donors (Lipinski definition) is 1. The van der Waals surface area contributed by atoms with Crippen molar-refractivity contribution in [1.29, 1.82) is 0 Å². The number of carbonyl (C=O) groups excluding carboxylic acids is 1. The van der Waals surface area contributed by atoms with Gasteiger partial charge in [0.15, 0.2) is 5.82 Å². The summed E-state index contributed by atoms with van der Waals surface area (Å²) in [4.78, 5) is 21.3. The highest BCUT2D eigenvalue weighted by molar-refractivity contribution is 5.78. The summed E-state index contributed by atoms with van der Waals surface area (Å²) in [5.74, 6) is 0.247. The second-order valence-electron chi connectivity index (χ2n) is 4.08. The van der Waals surface area contributed by atoms with Gasteiger partial charge in [-0.05, 0) is 12.8 Å². The fourth-order valence-corrected chi connectivity index (χ4v) is 2.01. The normalized spacial score (nSPS) is 16.9. The highest BCUT2D eigenvalue weighted by Crippen LogP contribution is 2.20. The van der Waals surface area contributed by atoms with Gasteiger partial charge in [-0.15, -0.1) is 0 Å². The lowest BCUT2D eigenvalue weighted by Gasteiger charge is -2.30. The zero-order valence-corrected chi connectivity index (χ0v) is 9.69. The molecule has 2 heterocycles. The van der Waals surface area contributed by atoms with E-state index in [1.807, 2.05) is 4.90 Å². The number of hydrogen-bond acceptors (Lipinski definition) is 4. The number of anilines is 1. The van der Waals surface area contributed by atoms with Crippen LogP contribution in [0.15, 0.2) is 12.4 Å². The molecule has 6 heteroatoms. The van der Waals surface area contributed by atoms with Crippen LogP contribution in [-0.4, -0.2) is 36.0 Å². The molecule has 1 aliphatic heterocycles. The summed E-state index contributed by atoms with van der Waals surface area (Å²) in [6.07, 6.45) is 3.88. The van der Waals surface area contributed by atoms with E-state index in [1.54, 1.807) is 7.05 Å². The predicted octanol–water partition coefficient (Wildman–Crippen LogP) is 0.578. The summed E-state index contributed by atoms with van der Waals surface area (Å²) in [5, 5.41) is 2.66. The van der Waals surface area contributed by atoms with Crippen LogP contribution >= 0.6 is 0 Å². The van der Waals surface area contributed by atoms with E-state index >= 15 is 0 Å². The molecule has 0 bridgehead atoms. The maximum atomic E-state index is 12.7. The van der Waals surface area contributed by atoms with E-state index in [1.165, 1.54) is 0 Å². The topological polar surface area (TPSA) is 58.1 Å². The van der Waals surface area contributed by atoms with Crippen molar-refractivity contribution in [2.75, 3.05) is 25.0 Å². The monoisotopic (exact) mass is 238 g/mol. The van der Waals surface area contributed by atoms with Gasteiger partial charge in [0.1, 0.15) is 0 Å². The Morgan fingerprint density at radius 3 is 2.53 bits per heavy atom. The van der Waals surface area contributed by atoms with Crippen molar-refractivity contribution in [2.24, 2.45) is 5.92 Å². The van der Waals surface area contributed by atoms with Crippen LogP contribution in [0.3, 0.4) is 0 Å². The molecule has 0 saturated carbocycles. The number of aromatic nitrogens is 2. The van der Waals surface area contributed by atoms with Gasteiger partial charge in [-0.25, -0.2) is 14.4 Å². The Labute approximate surface area is 99.1 Å². The minimum atomic E-state index is -0.436. The van der Waals surface area contributed by atoms with E-state index < -0.39 is 5.82 Å². The third-order valence-electron chi connectivity index (χ3n) is 3.00. The molecular weight excluding hydrogens is 223 g/mol. The van der Waals surface area contributed by atoms with E-state index in [2.05, 4.69) is 15.3 Å². The molecule has 0 spiro atoms. The molecule has 1 aromatic heterocycles. The molecule has 1 saturated heterocycles. The minimum absolute atomic E-state index is 0.0664. The van der Waals surface area contributed by atoms with Crippen LogP contribution in [0.2, 0.25) is 0 Å². The van der Waals surface area contributed by atoms with Crippen molar-refractivity contribution >= 4 is 11.9 Å². The standard InChI is InChI=1S/C11H15FN4O/c1-13-10(17)8-2-4-16(5-3-8)11-14-6-9(12)7-15-11/h6-8H,2-5H2,1H3,(H,13,17). The smallest absolute Gasteiger partial charge is 0.225 e. The number of piperidine rings is 1. The number of carbonyl (C=O) groups is 1. The van der Waals surface area contributed by atoms with Crippen LogP contribution < -0.4 is 10.2 Å². The van der Waals surface area contributed by atoms with Crippen molar-refractivity contribution in [1.82, 2.24) is 15.3 Å². The summed E-state index contributed by atoms with van der Waals surface area (Å²) in [6, 6.07) is 0. The van der Waals surface area contributed by atoms with Crippen LogP contribution in [0.5, 0.6) is 0 Å². The number of nitrogens with one attached hydrogen (secondary N) is 1. The van der Waals surface area contributed by atoms with E-state index in [0.29, 0.717) is 5.95 Å². The van der Waals surface area contributed by atoms with Crippen molar-refractivity contribution in [3.05, 3.63) is 18.2 Å². The van der Waals surface area contributed by atoms with Gasteiger partial charge in [0, 0.05) is 26.1 Å². The number of rotatable bonds is 2. The van der Waals surface area contributed by atoms with E-state index in [4.69, 9.17) is 0 Å². The van der Waals surface area contributed by atoms with Crippen molar-refractivity contribution in [3.8, 4) is 0 Å². The molecule has 92 valence electrons. The highest BCUT2D eigenvalue weighted by Gasteiger charge is 2.25. The molecule has 5 nitrogen and oxygen atoms in total. The summed E-state index contributed by atoms with van der Waals surface area (Å²) in [6.45, 7) is 1.45. The van der Waals surface area contributed by atoms with Gasteiger partial charge in [-0.2, -0.15) is 0 Å². The van der Waals surface area contributed by atoms with Crippen LogP contribution in [0.25, 0.3) is 0 Å². The first-order valence-corrected chi connectivity index (χ1v) is 5.65. The lowest BCUT2D eigenvalue weighted by molar-refractivity contribution is -0.125. The molecule has 1 aliphatic rings. The van der Waals surface area contributed by atoms with Crippen molar-refractivity contribution in [3.63, 3.8) is 0 Å². The van der Waals surface area contributed by atoms with Crippen LogP contribution in [0, 0.1) is 11.7 Å². The SMILES string of the molecule is CNC(=O)C1CCN(c2ncc(F)cn2)CC1. The van der Waals surface area contributed by atoms with Gasteiger partial charge in [-0.3, -0.25) is 4.79 Å². The van der Waals surface area contributed by atoms with Gasteiger partial charge < -0.3 is 10.2 Å². The molecule has 0 unspecified atom stereocenters. The largest absolute Gasteiger partial charge is 0.359 e. The molecule has 2 rings (SSSR count). The fourth-order valence-electron chi connectivity index (χ4n) is 2.01. The van der Waals surface area contributed by atoms with Crippen LogP contribution in [-0.2, 0) is 4.79 Å². The van der Waals surface area contributed by atoms with E-state index in [-0.39, 0.29) is 11.8 Å². The Morgan fingerprint density at radius 1 is 1.41 bits per heavy atom. The molecular formula is C11H15FN4O. The highest BCUT2D eigenvalue weighted by atomic mass is 19.1. The molecule has 0 aliphatic carbocycles. The second-order valence-corrected chi connectivity index (χ2v) is 4.08. The maximum Gasteiger partial charge on any atom is 0.225 e. The van der Waals surface area contributed by atoms with Crippen molar-refractivity contribution in [2.45, 2.75) is 12.8 Å². The predicted molar refractivity (Wildman–Crippen MR) is 61.0 cm³/mol. The Morgan fingerprint density at radius 2 is 2.00 bits per heavy atom. The molecule has 0 aromatic carbocycles. The lowest BCUT2D eigenvalue weighted by atomic mass is 9.96. The summed E-state index contributed by atoms with van der Waals surface area (Å²) in [5.41, 5.74) is 0. The van der Waals surface area contributed by atoms with Crippen molar-refractivity contribution < 1.29 is 9.18 Å². The summed E-state index contributed by atoms with van der Waals surface area (Å²) >= 11 is 0. The average molecular weight is 238 g/mol. The zero-order chi connectivity index (χ0) is 12.3. The minimum Gasteiger partial charge on any atom is -0.359 e. The van der Waals surface area contributed by atoms with Gasteiger partial charge in [0.25, 0.3) is 0 Å². The Kier molecular flexibility index (Phi) is 3.51. The van der Waals surface area contributed by atoms with Gasteiger partial charge in [0.2, 0.25) is 11.9 Å². The van der Waals surface area contributed by atoms with Gasteiger partial charge in [-0.1, -0.05) is 0 Å². The fraction of sp³-hybridized carbons (Fsp3) is 0.545. The first-order chi connectivity index (χ1) is 8.20. The molecule has 0 radical (unpaired) electrons. The molecule has 1 N–H and O–H groups in total. The first kappa shape index (κ1) is 11.8. The molecule has 1 aromatic rings. The number of amides is 1. The number of halogens is 1. The Hall–Kier alpha value is -1.72. The lowest BCUT2D eigenvalue weighted by Crippen LogP contribution is -2.40. The Balaban J connectivity index is 1.95. The molecule has 1 fully saturated rings. The first-order valence-electron chi connectivity index (χ1n) is 5.65. The summed E-state index contributed by atoms with van der Waals surface area (Å²) in [7, 11) is 1.65. The second kappa shape index (κ2) is 5.07. The van der Waals surface area contributed by atoms with E-state index in [9.17, 15) is 9.18 Å².